The molecule has 0 bridgehead atoms. The van der Waals surface area contributed by atoms with Gasteiger partial charge in [0.2, 0.25) is 0 Å². The lowest BCUT2D eigenvalue weighted by Crippen LogP contribution is -2.35. The van der Waals surface area contributed by atoms with Gasteiger partial charge in [0.05, 0.1) is 23.7 Å². The predicted octanol–water partition coefficient (Wildman–Crippen LogP) is 2.82. The van der Waals surface area contributed by atoms with Gasteiger partial charge in [-0.25, -0.2) is 4.79 Å². The van der Waals surface area contributed by atoms with Crippen LogP contribution in [0.2, 0.25) is 5.02 Å². The van der Waals surface area contributed by atoms with Crippen molar-refractivity contribution in [3.05, 3.63) is 33.3 Å². The summed E-state index contributed by atoms with van der Waals surface area (Å²) in [4.78, 5) is 25.5. The van der Waals surface area contributed by atoms with Crippen molar-refractivity contribution >= 4 is 39.5 Å². The summed E-state index contributed by atoms with van der Waals surface area (Å²) in [6.07, 6.45) is 1.51. The number of hydrogen-bond donors (Lipinski definition) is 1. The fourth-order valence-electron chi connectivity index (χ4n) is 2.31. The Bertz CT molecular complexity index is 592. The summed E-state index contributed by atoms with van der Waals surface area (Å²) in [6.45, 7) is 0.826. The van der Waals surface area contributed by atoms with Crippen LogP contribution in [-0.4, -0.2) is 42.1 Å². The molecule has 1 saturated heterocycles. The van der Waals surface area contributed by atoms with E-state index in [4.69, 9.17) is 16.3 Å². The summed E-state index contributed by atoms with van der Waals surface area (Å²) >= 11 is 9.31. The van der Waals surface area contributed by atoms with E-state index in [1.807, 2.05) is 0 Å². The van der Waals surface area contributed by atoms with Crippen LogP contribution in [0.25, 0.3) is 0 Å². The van der Waals surface area contributed by atoms with Gasteiger partial charge in [0, 0.05) is 10.5 Å². The van der Waals surface area contributed by atoms with Crippen molar-refractivity contribution in [1.82, 2.24) is 10.2 Å². The van der Waals surface area contributed by atoms with Crippen LogP contribution >= 0.6 is 27.5 Å². The molecule has 1 aliphatic carbocycles. The molecule has 2 amide bonds. The Morgan fingerprint density at radius 3 is 2.95 bits per heavy atom. The Kier molecular flexibility index (Phi) is 4.08. The lowest BCUT2D eigenvalue weighted by atomic mass is 10.2. The van der Waals surface area contributed by atoms with Gasteiger partial charge in [-0.15, -0.1) is 0 Å². The van der Waals surface area contributed by atoms with Gasteiger partial charge in [-0.2, -0.15) is 0 Å². The first kappa shape index (κ1) is 14.7. The fourth-order valence-corrected chi connectivity index (χ4v) is 2.87. The van der Waals surface area contributed by atoms with Gasteiger partial charge >= 0.3 is 6.09 Å². The Balaban J connectivity index is 1.56. The molecule has 112 valence electrons. The highest BCUT2D eigenvalue weighted by molar-refractivity contribution is 9.10. The van der Waals surface area contributed by atoms with E-state index >= 15 is 0 Å². The maximum atomic E-state index is 12.1. The predicted molar refractivity (Wildman–Crippen MR) is 81.5 cm³/mol. The number of nitrogens with zero attached hydrogens (tertiary/aromatic N) is 1. The van der Waals surface area contributed by atoms with Crippen LogP contribution in [-0.2, 0) is 4.74 Å². The summed E-state index contributed by atoms with van der Waals surface area (Å²) in [5.74, 6) is -0.276. The zero-order valence-corrected chi connectivity index (χ0v) is 13.5. The smallest absolute Gasteiger partial charge is 0.410 e. The summed E-state index contributed by atoms with van der Waals surface area (Å²) < 4.78 is 6.03. The van der Waals surface area contributed by atoms with E-state index in [0.29, 0.717) is 23.2 Å². The van der Waals surface area contributed by atoms with Gasteiger partial charge < -0.3 is 15.0 Å². The molecule has 1 saturated carbocycles. The molecule has 1 aliphatic heterocycles. The Hall–Kier alpha value is -1.27. The van der Waals surface area contributed by atoms with Gasteiger partial charge in [0.1, 0.15) is 6.10 Å². The van der Waals surface area contributed by atoms with E-state index in [9.17, 15) is 9.59 Å². The van der Waals surface area contributed by atoms with Crippen molar-refractivity contribution in [2.75, 3.05) is 13.1 Å². The van der Waals surface area contributed by atoms with Crippen LogP contribution in [0, 0.1) is 0 Å². The molecule has 3 rings (SSSR count). The number of carbonyl (C=O) groups excluding carboxylic acids is 2. The number of carbonyl (C=O) groups is 2. The van der Waals surface area contributed by atoms with E-state index in [2.05, 4.69) is 21.2 Å². The Labute approximate surface area is 135 Å². The fraction of sp³-hybridized carbons (Fsp3) is 0.429. The van der Waals surface area contributed by atoms with Gasteiger partial charge in [-0.3, -0.25) is 4.79 Å². The second kappa shape index (κ2) is 5.85. The molecule has 5 nitrogen and oxygen atoms in total. The molecule has 1 atom stereocenters. The number of cyclic esters (lactones) is 1. The third kappa shape index (κ3) is 3.32. The highest BCUT2D eigenvalue weighted by Gasteiger charge is 2.40. The molecule has 0 spiro atoms. The number of nitrogens with one attached hydrogen (secondary N) is 1. The Morgan fingerprint density at radius 1 is 1.48 bits per heavy atom. The molecule has 1 unspecified atom stereocenters. The topological polar surface area (TPSA) is 58.6 Å². The van der Waals surface area contributed by atoms with E-state index < -0.39 is 0 Å². The maximum absolute atomic E-state index is 12.1. The van der Waals surface area contributed by atoms with Gasteiger partial charge in [0.15, 0.2) is 0 Å². The number of benzene rings is 1. The number of amides is 2. The third-order valence-corrected chi connectivity index (χ3v) is 4.38. The summed E-state index contributed by atoms with van der Waals surface area (Å²) in [7, 11) is 0. The quantitative estimate of drug-likeness (QED) is 0.883. The minimum absolute atomic E-state index is 0.276. The molecule has 2 aliphatic rings. The molecule has 0 radical (unpaired) electrons. The number of ether oxygens (including phenoxy) is 1. The zero-order valence-electron chi connectivity index (χ0n) is 11.1. The number of hydrogen-bond acceptors (Lipinski definition) is 3. The minimum atomic E-state index is -0.298. The second-order valence-electron chi connectivity index (χ2n) is 5.22. The number of rotatable bonds is 4. The van der Waals surface area contributed by atoms with Gasteiger partial charge in [0.25, 0.3) is 5.91 Å². The average Bonchev–Trinajstić information content (AvgIpc) is 3.22. The lowest BCUT2D eigenvalue weighted by molar-refractivity contribution is 0.0914. The standard InChI is InChI=1S/C14H14BrClN2O3/c15-8-1-4-12(16)11(5-8)13(19)17-6-10-7-18(9-2-3-9)14(20)21-10/h1,4-5,9-10H,2-3,6-7H2,(H,17,19). The van der Waals surface area contributed by atoms with Crippen LogP contribution in [0.15, 0.2) is 22.7 Å². The number of halogens is 2. The Morgan fingerprint density at radius 2 is 2.24 bits per heavy atom. The van der Waals surface area contributed by atoms with Crippen LogP contribution in [0.1, 0.15) is 23.2 Å². The zero-order chi connectivity index (χ0) is 15.0. The van der Waals surface area contributed by atoms with Crippen molar-refractivity contribution in [3.8, 4) is 0 Å². The summed E-state index contributed by atoms with van der Waals surface area (Å²) in [5, 5.41) is 3.15. The van der Waals surface area contributed by atoms with Gasteiger partial charge in [-0.1, -0.05) is 27.5 Å². The second-order valence-corrected chi connectivity index (χ2v) is 6.55. The highest BCUT2D eigenvalue weighted by atomic mass is 79.9. The van der Waals surface area contributed by atoms with Crippen LogP contribution in [0.5, 0.6) is 0 Å². The molecule has 21 heavy (non-hydrogen) atoms. The van der Waals surface area contributed by atoms with Crippen molar-refractivity contribution in [1.29, 1.82) is 0 Å². The normalized spacial score (nSPS) is 21.3. The van der Waals surface area contributed by atoms with E-state index in [-0.39, 0.29) is 24.6 Å². The molecule has 2 fully saturated rings. The van der Waals surface area contributed by atoms with Crippen molar-refractivity contribution in [3.63, 3.8) is 0 Å². The summed E-state index contributed by atoms with van der Waals surface area (Å²) in [5.41, 5.74) is 0.398. The van der Waals surface area contributed by atoms with Gasteiger partial charge in [-0.05, 0) is 31.0 Å². The van der Waals surface area contributed by atoms with Crippen LogP contribution in [0.4, 0.5) is 4.79 Å². The van der Waals surface area contributed by atoms with Crippen molar-refractivity contribution < 1.29 is 14.3 Å². The van der Waals surface area contributed by atoms with Crippen LogP contribution < -0.4 is 5.32 Å². The third-order valence-electron chi connectivity index (χ3n) is 3.55. The monoisotopic (exact) mass is 372 g/mol. The molecule has 1 N–H and O–H groups in total. The molecule has 7 heteroatoms. The summed E-state index contributed by atoms with van der Waals surface area (Å²) in [6, 6.07) is 5.42. The first-order chi connectivity index (χ1) is 10.0. The molecule has 1 aromatic carbocycles. The molecule has 1 heterocycles. The minimum Gasteiger partial charge on any atom is -0.442 e. The average molecular weight is 374 g/mol. The van der Waals surface area contributed by atoms with E-state index in [1.54, 1.807) is 23.1 Å². The maximum Gasteiger partial charge on any atom is 0.410 e. The van der Waals surface area contributed by atoms with Crippen LogP contribution in [0.3, 0.4) is 0 Å². The molecule has 1 aromatic rings. The molecular formula is C14H14BrClN2O3. The first-order valence-electron chi connectivity index (χ1n) is 6.75. The van der Waals surface area contributed by atoms with E-state index in [0.717, 1.165) is 17.3 Å². The van der Waals surface area contributed by atoms with Crippen molar-refractivity contribution in [2.45, 2.75) is 25.0 Å². The SMILES string of the molecule is O=C(NCC1CN(C2CC2)C(=O)O1)c1cc(Br)ccc1Cl. The highest BCUT2D eigenvalue weighted by Crippen LogP contribution is 2.30. The lowest BCUT2D eigenvalue weighted by Gasteiger charge is -2.12. The molecular weight excluding hydrogens is 360 g/mol. The largest absolute Gasteiger partial charge is 0.442 e. The first-order valence-corrected chi connectivity index (χ1v) is 7.92. The van der Waals surface area contributed by atoms with E-state index in [1.165, 1.54) is 0 Å². The van der Waals surface area contributed by atoms with Crippen molar-refractivity contribution in [2.24, 2.45) is 0 Å². The molecule has 0 aromatic heterocycles.